The molecule has 0 saturated carbocycles. The first kappa shape index (κ1) is 16.8. The van der Waals surface area contributed by atoms with Crippen molar-refractivity contribution >= 4 is 17.5 Å². The van der Waals surface area contributed by atoms with Crippen molar-refractivity contribution in [1.29, 1.82) is 0 Å². The normalized spacial score (nSPS) is 9.86. The van der Waals surface area contributed by atoms with Crippen LogP contribution in [0, 0.1) is 6.92 Å². The van der Waals surface area contributed by atoms with Crippen LogP contribution in [-0.4, -0.2) is 36.9 Å². The topological polar surface area (TPSA) is 58.6 Å². The third-order valence-corrected chi connectivity index (χ3v) is 3.03. The van der Waals surface area contributed by atoms with Crippen LogP contribution in [0.5, 0.6) is 5.75 Å². The summed E-state index contributed by atoms with van der Waals surface area (Å²) in [5.74, 6) is 0.383. The monoisotopic (exact) mass is 290 g/mol. The molecule has 0 spiro atoms. The lowest BCUT2D eigenvalue weighted by atomic mass is 10.2. The number of nitrogens with one attached hydrogen (secondary N) is 1. The highest BCUT2D eigenvalue weighted by Crippen LogP contribution is 2.25. The lowest BCUT2D eigenvalue weighted by molar-refractivity contribution is -0.128. The Morgan fingerprint density at radius 1 is 1.43 bits per heavy atom. The highest BCUT2D eigenvalue weighted by Gasteiger charge is 2.11. The van der Waals surface area contributed by atoms with Gasteiger partial charge in [0.15, 0.2) is 0 Å². The van der Waals surface area contributed by atoms with Crippen LogP contribution in [0.25, 0.3) is 0 Å². The van der Waals surface area contributed by atoms with E-state index in [9.17, 15) is 9.59 Å². The third-order valence-electron chi connectivity index (χ3n) is 3.03. The van der Waals surface area contributed by atoms with Gasteiger partial charge in [-0.2, -0.15) is 0 Å². The lowest BCUT2D eigenvalue weighted by Crippen LogP contribution is -2.32. The van der Waals surface area contributed by atoms with E-state index in [2.05, 4.69) is 11.9 Å². The molecule has 5 heteroatoms. The fraction of sp³-hybridized carbons (Fsp3) is 0.375. The highest BCUT2D eigenvalue weighted by molar-refractivity contribution is 5.92. The van der Waals surface area contributed by atoms with Crippen LogP contribution in [-0.2, 0) is 9.59 Å². The minimum absolute atomic E-state index is 0.0733. The lowest BCUT2D eigenvalue weighted by Gasteiger charge is -2.19. The van der Waals surface area contributed by atoms with Crippen LogP contribution < -0.4 is 10.1 Å². The van der Waals surface area contributed by atoms with Crippen LogP contribution in [0.2, 0.25) is 0 Å². The van der Waals surface area contributed by atoms with Crippen LogP contribution >= 0.6 is 0 Å². The molecular weight excluding hydrogens is 268 g/mol. The summed E-state index contributed by atoms with van der Waals surface area (Å²) in [6, 6.07) is 5.57. The van der Waals surface area contributed by atoms with Crippen molar-refractivity contribution in [3.8, 4) is 5.75 Å². The van der Waals surface area contributed by atoms with E-state index < -0.39 is 0 Å². The number of carbonyl (C=O) groups excluding carboxylic acids is 2. The number of amides is 2. The number of nitrogens with zero attached hydrogens (tertiary/aromatic N) is 1. The van der Waals surface area contributed by atoms with Gasteiger partial charge in [0.25, 0.3) is 0 Å². The molecule has 0 saturated heterocycles. The molecule has 1 aromatic rings. The van der Waals surface area contributed by atoms with Gasteiger partial charge in [-0.05, 0) is 24.6 Å². The molecular formula is C16H22N2O3. The van der Waals surface area contributed by atoms with Gasteiger partial charge in [0.05, 0.1) is 12.8 Å². The van der Waals surface area contributed by atoms with Crippen LogP contribution in [0.1, 0.15) is 18.9 Å². The first-order valence-electron chi connectivity index (χ1n) is 6.78. The Labute approximate surface area is 125 Å². The molecule has 0 aliphatic rings. The van der Waals surface area contributed by atoms with E-state index in [4.69, 9.17) is 4.74 Å². The number of hydrogen-bond donors (Lipinski definition) is 1. The molecule has 0 fully saturated rings. The molecule has 1 aromatic carbocycles. The average molecular weight is 290 g/mol. The van der Waals surface area contributed by atoms with E-state index in [0.717, 1.165) is 5.56 Å². The Hall–Kier alpha value is -2.30. The van der Waals surface area contributed by atoms with Gasteiger partial charge in [-0.25, -0.2) is 0 Å². The van der Waals surface area contributed by atoms with Crippen molar-refractivity contribution < 1.29 is 14.3 Å². The number of anilines is 1. The summed E-state index contributed by atoms with van der Waals surface area (Å²) in [5.41, 5.74) is 1.67. The molecule has 0 unspecified atom stereocenters. The molecule has 1 rings (SSSR count). The van der Waals surface area contributed by atoms with E-state index in [1.165, 1.54) is 6.92 Å². The van der Waals surface area contributed by atoms with Gasteiger partial charge in [-0.15, -0.1) is 6.58 Å². The van der Waals surface area contributed by atoms with Gasteiger partial charge < -0.3 is 15.0 Å². The number of ether oxygens (including phenoxy) is 1. The highest BCUT2D eigenvalue weighted by atomic mass is 16.5. The van der Waals surface area contributed by atoms with Crippen molar-refractivity contribution in [2.45, 2.75) is 20.3 Å². The summed E-state index contributed by atoms with van der Waals surface area (Å²) >= 11 is 0. The van der Waals surface area contributed by atoms with Gasteiger partial charge in [0.2, 0.25) is 11.8 Å². The molecule has 0 bridgehead atoms. The number of carbonyl (C=O) groups is 2. The fourth-order valence-electron chi connectivity index (χ4n) is 1.90. The summed E-state index contributed by atoms with van der Waals surface area (Å²) in [6.07, 6.45) is 1.87. The summed E-state index contributed by atoms with van der Waals surface area (Å²) in [5, 5.41) is 2.81. The Morgan fingerprint density at radius 2 is 2.14 bits per heavy atom. The molecule has 21 heavy (non-hydrogen) atoms. The second-order valence-corrected chi connectivity index (χ2v) is 4.76. The average Bonchev–Trinajstić information content (AvgIpc) is 2.43. The first-order chi connectivity index (χ1) is 9.97. The van der Waals surface area contributed by atoms with Crippen molar-refractivity contribution in [3.05, 3.63) is 36.4 Å². The maximum atomic E-state index is 12.0. The number of aryl methyl sites for hydroxylation is 1. The van der Waals surface area contributed by atoms with Crippen LogP contribution in [0.15, 0.2) is 30.9 Å². The van der Waals surface area contributed by atoms with E-state index >= 15 is 0 Å². The van der Waals surface area contributed by atoms with Gasteiger partial charge in [0, 0.05) is 26.4 Å². The number of rotatable bonds is 7. The molecule has 0 aliphatic carbocycles. The van der Waals surface area contributed by atoms with E-state index in [1.54, 1.807) is 18.1 Å². The van der Waals surface area contributed by atoms with Gasteiger partial charge in [0.1, 0.15) is 5.75 Å². The molecule has 0 aromatic heterocycles. The minimum atomic E-state index is -0.158. The predicted molar refractivity (Wildman–Crippen MR) is 83.4 cm³/mol. The maximum absolute atomic E-state index is 12.0. The number of benzene rings is 1. The maximum Gasteiger partial charge on any atom is 0.226 e. The molecule has 0 heterocycles. The summed E-state index contributed by atoms with van der Waals surface area (Å²) in [6.45, 7) is 7.82. The van der Waals surface area contributed by atoms with E-state index in [-0.39, 0.29) is 18.2 Å². The third kappa shape index (κ3) is 5.30. The second-order valence-electron chi connectivity index (χ2n) is 4.76. The molecule has 1 N–H and O–H groups in total. The molecule has 5 nitrogen and oxygen atoms in total. The quantitative estimate of drug-likeness (QED) is 0.784. The van der Waals surface area contributed by atoms with Gasteiger partial charge in [-0.1, -0.05) is 12.1 Å². The van der Waals surface area contributed by atoms with Crippen molar-refractivity contribution in [2.24, 2.45) is 0 Å². The van der Waals surface area contributed by atoms with Crippen molar-refractivity contribution in [2.75, 3.05) is 25.5 Å². The largest absolute Gasteiger partial charge is 0.495 e. The second kappa shape index (κ2) is 8.09. The zero-order valence-electron chi connectivity index (χ0n) is 12.8. The van der Waals surface area contributed by atoms with Crippen LogP contribution in [0.4, 0.5) is 5.69 Å². The molecule has 0 aliphatic heterocycles. The summed E-state index contributed by atoms with van der Waals surface area (Å²) in [7, 11) is 1.56. The molecule has 114 valence electrons. The molecule has 0 radical (unpaired) electrons. The molecule has 0 atom stereocenters. The minimum Gasteiger partial charge on any atom is -0.495 e. The summed E-state index contributed by atoms with van der Waals surface area (Å²) < 4.78 is 5.21. The predicted octanol–water partition coefficient (Wildman–Crippen LogP) is 2.37. The van der Waals surface area contributed by atoms with E-state index in [1.807, 2.05) is 25.1 Å². The van der Waals surface area contributed by atoms with Crippen LogP contribution in [0.3, 0.4) is 0 Å². The first-order valence-corrected chi connectivity index (χ1v) is 6.78. The zero-order chi connectivity index (χ0) is 15.8. The zero-order valence-corrected chi connectivity index (χ0v) is 12.8. The van der Waals surface area contributed by atoms with Crippen molar-refractivity contribution in [1.82, 2.24) is 4.90 Å². The number of methoxy groups -OCH3 is 1. The van der Waals surface area contributed by atoms with Gasteiger partial charge in [-0.3, -0.25) is 9.59 Å². The van der Waals surface area contributed by atoms with Crippen molar-refractivity contribution in [3.63, 3.8) is 0 Å². The molecule has 2 amide bonds. The fourth-order valence-corrected chi connectivity index (χ4v) is 1.90. The van der Waals surface area contributed by atoms with Gasteiger partial charge >= 0.3 is 0 Å². The Balaban J connectivity index is 2.63. The standard InChI is InChI=1S/C16H22N2O3/c1-5-9-18(13(3)19)10-8-16(20)17-14-11-12(2)6-7-15(14)21-4/h5-7,11H,1,8-10H2,2-4H3,(H,17,20). The Kier molecular flexibility index (Phi) is 6.46. The smallest absolute Gasteiger partial charge is 0.226 e. The SMILES string of the molecule is C=CCN(CCC(=O)Nc1cc(C)ccc1OC)C(C)=O. The number of hydrogen-bond acceptors (Lipinski definition) is 3. The Bertz CT molecular complexity index is 526. The Morgan fingerprint density at radius 3 is 2.71 bits per heavy atom. The van der Waals surface area contributed by atoms with E-state index in [0.29, 0.717) is 24.5 Å². The summed E-state index contributed by atoms with van der Waals surface area (Å²) in [4.78, 5) is 24.9.